The van der Waals surface area contributed by atoms with Crippen molar-refractivity contribution >= 4 is 17.3 Å². The molecule has 3 N–H and O–H groups in total. The number of nitro groups is 1. The van der Waals surface area contributed by atoms with Crippen molar-refractivity contribution in [2.45, 2.75) is 32.4 Å². The van der Waals surface area contributed by atoms with Crippen LogP contribution in [0.4, 0.5) is 11.4 Å². The summed E-state index contributed by atoms with van der Waals surface area (Å²) in [6, 6.07) is 2.61. The van der Waals surface area contributed by atoms with Gasteiger partial charge in [-0.15, -0.1) is 0 Å². The number of nitrogens with one attached hydrogen (secondary N) is 2. The number of β-amino-alcohol motifs (C(OH)–C–C–N with tert-alkyl or cyclic N) is 1. The Morgan fingerprint density at radius 1 is 1.45 bits per heavy atom. The molecule has 1 amide bonds. The number of aliphatic hydroxyl groups is 1. The fourth-order valence-corrected chi connectivity index (χ4v) is 2.27. The van der Waals surface area contributed by atoms with Crippen LogP contribution in [-0.4, -0.2) is 34.6 Å². The molecule has 20 heavy (non-hydrogen) atoms. The molecule has 0 aliphatic carbocycles. The molecule has 1 fully saturated rings. The van der Waals surface area contributed by atoms with Gasteiger partial charge in [-0.2, -0.15) is 0 Å². The van der Waals surface area contributed by atoms with E-state index in [2.05, 4.69) is 10.6 Å². The minimum Gasteiger partial charge on any atom is -0.392 e. The largest absolute Gasteiger partial charge is 0.392 e. The lowest BCUT2D eigenvalue weighted by Gasteiger charge is -2.13. The Bertz CT molecular complexity index is 559. The quantitative estimate of drug-likeness (QED) is 0.562. The van der Waals surface area contributed by atoms with Crippen LogP contribution >= 0.6 is 0 Å². The summed E-state index contributed by atoms with van der Waals surface area (Å²) in [6.07, 6.45) is -0.137. The molecule has 1 aromatic rings. The molecule has 7 nitrogen and oxygen atoms in total. The van der Waals surface area contributed by atoms with Crippen molar-refractivity contribution in [3.63, 3.8) is 0 Å². The molecule has 0 radical (unpaired) electrons. The van der Waals surface area contributed by atoms with Crippen LogP contribution in [0.1, 0.15) is 17.5 Å². The van der Waals surface area contributed by atoms with Crippen LogP contribution in [0.5, 0.6) is 0 Å². The highest BCUT2D eigenvalue weighted by Crippen LogP contribution is 2.26. The zero-order chi connectivity index (χ0) is 14.9. The number of amides is 1. The number of benzene rings is 1. The number of aryl methyl sites for hydroxylation is 2. The summed E-state index contributed by atoms with van der Waals surface area (Å²) < 4.78 is 0. The van der Waals surface area contributed by atoms with Gasteiger partial charge >= 0.3 is 0 Å². The number of aliphatic hydroxyl groups excluding tert-OH is 1. The van der Waals surface area contributed by atoms with E-state index in [4.69, 9.17) is 0 Å². The number of anilines is 1. The van der Waals surface area contributed by atoms with Gasteiger partial charge in [0, 0.05) is 23.9 Å². The standard InChI is InChI=1S/C13H17N3O4/c1-7-4-12(16(19)20)8(2)3-10(7)15-13(18)11-5-9(17)6-14-11/h3-4,9,11,14,17H,5-6H2,1-2H3,(H,15,18). The van der Waals surface area contributed by atoms with Crippen molar-refractivity contribution in [2.24, 2.45) is 0 Å². The molecule has 7 heteroatoms. The molecule has 108 valence electrons. The van der Waals surface area contributed by atoms with Gasteiger partial charge in [0.15, 0.2) is 0 Å². The van der Waals surface area contributed by atoms with E-state index >= 15 is 0 Å². The summed E-state index contributed by atoms with van der Waals surface area (Å²) in [5.41, 5.74) is 1.72. The summed E-state index contributed by atoms with van der Waals surface area (Å²) in [6.45, 7) is 3.74. The predicted molar refractivity (Wildman–Crippen MR) is 73.6 cm³/mol. The smallest absolute Gasteiger partial charge is 0.272 e. The van der Waals surface area contributed by atoms with Gasteiger partial charge in [0.25, 0.3) is 5.69 Å². The number of nitro benzene ring substituents is 1. The van der Waals surface area contributed by atoms with Crippen molar-refractivity contribution in [1.29, 1.82) is 0 Å². The second-order valence-corrected chi connectivity index (χ2v) is 5.05. The average Bonchev–Trinajstić information content (AvgIpc) is 2.79. The van der Waals surface area contributed by atoms with Gasteiger partial charge < -0.3 is 15.7 Å². The van der Waals surface area contributed by atoms with Crippen LogP contribution in [0.3, 0.4) is 0 Å². The molecule has 1 aliphatic rings. The minimum absolute atomic E-state index is 0.0370. The van der Waals surface area contributed by atoms with Crippen molar-refractivity contribution < 1.29 is 14.8 Å². The SMILES string of the molecule is Cc1cc([N+](=O)[O-])c(C)cc1NC(=O)C1CC(O)CN1. The number of carbonyl (C=O) groups excluding carboxylic acids is 1. The van der Waals surface area contributed by atoms with Gasteiger partial charge in [0.1, 0.15) is 0 Å². The average molecular weight is 279 g/mol. The molecule has 1 aromatic carbocycles. The highest BCUT2D eigenvalue weighted by atomic mass is 16.6. The Kier molecular flexibility index (Phi) is 4.01. The zero-order valence-electron chi connectivity index (χ0n) is 11.3. The maximum atomic E-state index is 12.0. The number of nitrogens with zero attached hydrogens (tertiary/aromatic N) is 1. The van der Waals surface area contributed by atoms with Gasteiger partial charge in [-0.05, 0) is 31.9 Å². The highest BCUT2D eigenvalue weighted by Gasteiger charge is 2.28. The molecule has 2 unspecified atom stereocenters. The van der Waals surface area contributed by atoms with Crippen molar-refractivity contribution in [2.75, 3.05) is 11.9 Å². The lowest BCUT2D eigenvalue weighted by Crippen LogP contribution is -2.35. The van der Waals surface area contributed by atoms with Crippen molar-refractivity contribution in [1.82, 2.24) is 5.32 Å². The topological polar surface area (TPSA) is 105 Å². The monoisotopic (exact) mass is 279 g/mol. The number of carbonyl (C=O) groups is 1. The summed E-state index contributed by atoms with van der Waals surface area (Å²) >= 11 is 0. The Hall–Kier alpha value is -1.99. The fraction of sp³-hybridized carbons (Fsp3) is 0.462. The van der Waals surface area contributed by atoms with Crippen LogP contribution in [0.2, 0.25) is 0 Å². The Morgan fingerprint density at radius 3 is 2.70 bits per heavy atom. The van der Waals surface area contributed by atoms with E-state index in [1.807, 2.05) is 0 Å². The third-order valence-corrected chi connectivity index (χ3v) is 3.42. The fourth-order valence-electron chi connectivity index (χ4n) is 2.27. The van der Waals surface area contributed by atoms with E-state index in [0.717, 1.165) is 0 Å². The van der Waals surface area contributed by atoms with E-state index in [1.54, 1.807) is 19.9 Å². The van der Waals surface area contributed by atoms with E-state index in [0.29, 0.717) is 29.8 Å². The Morgan fingerprint density at radius 2 is 2.15 bits per heavy atom. The molecular formula is C13H17N3O4. The minimum atomic E-state index is -0.509. The van der Waals surface area contributed by atoms with Gasteiger partial charge in [-0.3, -0.25) is 14.9 Å². The van der Waals surface area contributed by atoms with Gasteiger partial charge in [0.05, 0.1) is 17.1 Å². The molecule has 0 spiro atoms. The van der Waals surface area contributed by atoms with Gasteiger partial charge in [0.2, 0.25) is 5.91 Å². The van der Waals surface area contributed by atoms with Crippen LogP contribution in [0, 0.1) is 24.0 Å². The second kappa shape index (κ2) is 5.56. The maximum Gasteiger partial charge on any atom is 0.272 e. The molecule has 2 rings (SSSR count). The van der Waals surface area contributed by atoms with E-state index < -0.39 is 17.1 Å². The lowest BCUT2D eigenvalue weighted by molar-refractivity contribution is -0.385. The first-order valence-electron chi connectivity index (χ1n) is 6.36. The molecule has 1 saturated heterocycles. The molecule has 0 aromatic heterocycles. The van der Waals surface area contributed by atoms with E-state index in [-0.39, 0.29) is 11.6 Å². The van der Waals surface area contributed by atoms with E-state index in [9.17, 15) is 20.0 Å². The van der Waals surface area contributed by atoms with Crippen LogP contribution in [0.25, 0.3) is 0 Å². The second-order valence-electron chi connectivity index (χ2n) is 5.05. The predicted octanol–water partition coefficient (Wildman–Crippen LogP) is 0.873. The number of rotatable bonds is 3. The number of hydrogen-bond acceptors (Lipinski definition) is 5. The molecular weight excluding hydrogens is 262 g/mol. The molecule has 2 atom stereocenters. The summed E-state index contributed by atoms with van der Waals surface area (Å²) in [7, 11) is 0. The third kappa shape index (κ3) is 2.94. The number of hydrogen-bond donors (Lipinski definition) is 3. The maximum absolute atomic E-state index is 12.0. The van der Waals surface area contributed by atoms with Gasteiger partial charge in [-0.25, -0.2) is 0 Å². The van der Waals surface area contributed by atoms with Crippen molar-refractivity contribution in [3.8, 4) is 0 Å². The van der Waals surface area contributed by atoms with Gasteiger partial charge in [-0.1, -0.05) is 0 Å². The van der Waals surface area contributed by atoms with Crippen molar-refractivity contribution in [3.05, 3.63) is 33.4 Å². The molecule has 0 saturated carbocycles. The van der Waals surface area contributed by atoms with Crippen LogP contribution < -0.4 is 10.6 Å². The summed E-state index contributed by atoms with van der Waals surface area (Å²) in [5.74, 6) is -0.238. The first-order chi connectivity index (χ1) is 9.38. The zero-order valence-corrected chi connectivity index (χ0v) is 11.3. The molecule has 1 aliphatic heterocycles. The Balaban J connectivity index is 2.15. The van der Waals surface area contributed by atoms with Crippen LogP contribution in [0.15, 0.2) is 12.1 Å². The van der Waals surface area contributed by atoms with E-state index in [1.165, 1.54) is 6.07 Å². The summed E-state index contributed by atoms with van der Waals surface area (Å²) in [4.78, 5) is 22.4. The lowest BCUT2D eigenvalue weighted by atomic mass is 10.1. The molecule has 1 heterocycles. The first-order valence-corrected chi connectivity index (χ1v) is 6.36. The highest BCUT2D eigenvalue weighted by molar-refractivity contribution is 5.96. The Labute approximate surface area is 116 Å². The first kappa shape index (κ1) is 14.4. The molecule has 0 bridgehead atoms. The summed E-state index contributed by atoms with van der Waals surface area (Å²) in [5, 5.41) is 25.9. The normalized spacial score (nSPS) is 21.8. The van der Waals surface area contributed by atoms with Crippen LogP contribution in [-0.2, 0) is 4.79 Å². The third-order valence-electron chi connectivity index (χ3n) is 3.42.